The van der Waals surface area contributed by atoms with E-state index in [-0.39, 0.29) is 5.75 Å². The maximum absolute atomic E-state index is 10.9. The van der Waals surface area contributed by atoms with E-state index in [4.69, 9.17) is 0 Å². The average Bonchev–Trinajstić information content (AvgIpc) is 3.67. The Bertz CT molecular complexity index is 3190. The third-order valence-electron chi connectivity index (χ3n) is 12.7. The molecule has 1 aliphatic rings. The second-order valence-electron chi connectivity index (χ2n) is 16.2. The van der Waals surface area contributed by atoms with Crippen molar-refractivity contribution in [1.29, 1.82) is 0 Å². The number of aromatic hydroxyl groups is 1. The van der Waals surface area contributed by atoms with Crippen molar-refractivity contribution in [1.82, 2.24) is 0 Å². The van der Waals surface area contributed by atoms with Crippen LogP contribution in [0.5, 0.6) is 5.75 Å². The Balaban J connectivity index is 1.16. The summed E-state index contributed by atoms with van der Waals surface area (Å²) in [6.07, 6.45) is 0. The van der Waals surface area contributed by atoms with Gasteiger partial charge in [-0.1, -0.05) is 218 Å². The van der Waals surface area contributed by atoms with E-state index in [1.807, 2.05) is 18.2 Å². The Labute approximate surface area is 369 Å². The summed E-state index contributed by atoms with van der Waals surface area (Å²) >= 11 is 0. The van der Waals surface area contributed by atoms with Gasteiger partial charge in [0.25, 0.3) is 0 Å². The molecule has 0 amide bonds. The molecule has 2 heteroatoms. The van der Waals surface area contributed by atoms with Crippen LogP contribution in [0.15, 0.2) is 255 Å². The van der Waals surface area contributed by atoms with Gasteiger partial charge in [0.2, 0.25) is 0 Å². The SMILES string of the molecule is Oc1ccccc1-c1cccc(-c2ccccc2N(c2cccc(-c3ccc(-c4ccccc4)cc3)c2)c2cccc3c2-c2ccccc2C3(c2ccccc2)c2ccccc2)c1. The standard InChI is InChI=1S/C61H43NO/c63-59-36-15-12-30-53(59)48-23-16-22-47(41-48)52-29-11-14-34-57(52)62(51-28-17-21-46(42-51)45-39-37-44(38-40-45)43-19-4-1-5-20-43)58-35-18-33-56-60(58)54-31-10-13-32-55(54)61(56,49-24-6-2-7-25-49)50-26-8-3-9-27-50/h1-42,63H. The number of hydrogen-bond donors (Lipinski definition) is 1. The molecule has 2 nitrogen and oxygen atoms in total. The van der Waals surface area contributed by atoms with Crippen LogP contribution in [0.3, 0.4) is 0 Å². The van der Waals surface area contributed by atoms with Crippen LogP contribution < -0.4 is 4.90 Å². The average molecular weight is 806 g/mol. The van der Waals surface area contributed by atoms with Gasteiger partial charge < -0.3 is 10.0 Å². The monoisotopic (exact) mass is 805 g/mol. The molecule has 0 unspecified atom stereocenters. The molecule has 0 heterocycles. The van der Waals surface area contributed by atoms with Crippen molar-refractivity contribution in [3.63, 3.8) is 0 Å². The number of benzene rings is 10. The van der Waals surface area contributed by atoms with E-state index >= 15 is 0 Å². The van der Waals surface area contributed by atoms with Gasteiger partial charge in [-0.15, -0.1) is 0 Å². The Morgan fingerprint density at radius 3 is 1.46 bits per heavy atom. The van der Waals surface area contributed by atoms with Crippen molar-refractivity contribution in [2.45, 2.75) is 5.41 Å². The third-order valence-corrected chi connectivity index (χ3v) is 12.7. The summed E-state index contributed by atoms with van der Waals surface area (Å²) in [5, 5.41) is 10.9. The number of phenolic OH excluding ortho intramolecular Hbond substituents is 1. The second kappa shape index (κ2) is 16.0. The Hall–Kier alpha value is -8.20. The second-order valence-corrected chi connectivity index (χ2v) is 16.2. The Morgan fingerprint density at radius 1 is 0.302 bits per heavy atom. The van der Waals surface area contributed by atoms with Crippen LogP contribution in [0.25, 0.3) is 55.6 Å². The third kappa shape index (κ3) is 6.52. The lowest BCUT2D eigenvalue weighted by molar-refractivity contribution is 0.477. The van der Waals surface area contributed by atoms with E-state index < -0.39 is 5.41 Å². The molecule has 0 aromatic heterocycles. The first-order valence-corrected chi connectivity index (χ1v) is 21.6. The quantitative estimate of drug-likeness (QED) is 0.157. The lowest BCUT2D eigenvalue weighted by Gasteiger charge is -2.34. The van der Waals surface area contributed by atoms with Crippen LogP contribution in [0, 0.1) is 0 Å². The van der Waals surface area contributed by atoms with E-state index in [1.54, 1.807) is 6.07 Å². The largest absolute Gasteiger partial charge is 0.507 e. The number of phenols is 1. The molecule has 10 aromatic carbocycles. The molecular formula is C61H43NO. The number of nitrogens with zero attached hydrogens (tertiary/aromatic N) is 1. The first-order valence-electron chi connectivity index (χ1n) is 21.6. The van der Waals surface area contributed by atoms with Crippen LogP contribution in [-0.2, 0) is 5.41 Å². The first-order chi connectivity index (χ1) is 31.2. The number of rotatable bonds is 9. The summed E-state index contributed by atoms with van der Waals surface area (Å²) in [4.78, 5) is 2.46. The van der Waals surface area contributed by atoms with Crippen molar-refractivity contribution in [3.8, 4) is 61.4 Å². The minimum Gasteiger partial charge on any atom is -0.507 e. The van der Waals surface area contributed by atoms with Crippen LogP contribution in [0.1, 0.15) is 22.3 Å². The lowest BCUT2D eigenvalue weighted by Crippen LogP contribution is -2.28. The van der Waals surface area contributed by atoms with Crippen molar-refractivity contribution in [2.24, 2.45) is 0 Å². The Morgan fingerprint density at radius 2 is 0.762 bits per heavy atom. The highest BCUT2D eigenvalue weighted by Gasteiger charge is 2.47. The molecule has 10 aromatic rings. The fourth-order valence-electron chi connectivity index (χ4n) is 9.86. The van der Waals surface area contributed by atoms with Crippen LogP contribution >= 0.6 is 0 Å². The van der Waals surface area contributed by atoms with Gasteiger partial charge in [0.15, 0.2) is 0 Å². The minimum atomic E-state index is -0.552. The maximum Gasteiger partial charge on any atom is 0.123 e. The minimum absolute atomic E-state index is 0.261. The predicted octanol–water partition coefficient (Wildman–Crippen LogP) is 15.9. The molecule has 1 aliphatic carbocycles. The number of fused-ring (bicyclic) bond motifs is 3. The summed E-state index contributed by atoms with van der Waals surface area (Å²) in [6, 6.07) is 91.0. The predicted molar refractivity (Wildman–Crippen MR) is 262 cm³/mol. The summed E-state index contributed by atoms with van der Waals surface area (Å²) in [5.74, 6) is 0.261. The Kier molecular flexibility index (Phi) is 9.60. The van der Waals surface area contributed by atoms with Gasteiger partial charge >= 0.3 is 0 Å². The number of hydrogen-bond acceptors (Lipinski definition) is 2. The van der Waals surface area contributed by atoms with Crippen LogP contribution in [0.4, 0.5) is 17.1 Å². The molecule has 0 spiro atoms. The van der Waals surface area contributed by atoms with E-state index in [0.717, 1.165) is 50.4 Å². The van der Waals surface area contributed by atoms with Gasteiger partial charge in [-0.3, -0.25) is 0 Å². The van der Waals surface area contributed by atoms with Gasteiger partial charge in [0, 0.05) is 22.4 Å². The highest BCUT2D eigenvalue weighted by Crippen LogP contribution is 2.60. The van der Waals surface area contributed by atoms with Gasteiger partial charge in [-0.05, 0) is 97.6 Å². The van der Waals surface area contributed by atoms with Gasteiger partial charge in [0.05, 0.1) is 16.8 Å². The molecule has 0 aliphatic heterocycles. The van der Waals surface area contributed by atoms with Gasteiger partial charge in [-0.2, -0.15) is 0 Å². The molecular weight excluding hydrogens is 763 g/mol. The summed E-state index contributed by atoms with van der Waals surface area (Å²) < 4.78 is 0. The molecule has 298 valence electrons. The molecule has 0 atom stereocenters. The zero-order chi connectivity index (χ0) is 42.2. The van der Waals surface area contributed by atoms with E-state index in [2.05, 4.69) is 235 Å². The van der Waals surface area contributed by atoms with Crippen LogP contribution in [-0.4, -0.2) is 5.11 Å². The van der Waals surface area contributed by atoms with Gasteiger partial charge in [0.1, 0.15) is 5.75 Å². The number of anilines is 3. The van der Waals surface area contributed by atoms with Gasteiger partial charge in [-0.25, -0.2) is 0 Å². The highest BCUT2D eigenvalue weighted by atomic mass is 16.3. The fourth-order valence-corrected chi connectivity index (χ4v) is 9.86. The molecule has 63 heavy (non-hydrogen) atoms. The molecule has 0 radical (unpaired) electrons. The molecule has 0 saturated carbocycles. The van der Waals surface area contributed by atoms with E-state index in [9.17, 15) is 5.11 Å². The molecule has 1 N–H and O–H groups in total. The zero-order valence-corrected chi connectivity index (χ0v) is 34.6. The smallest absolute Gasteiger partial charge is 0.123 e. The topological polar surface area (TPSA) is 23.5 Å². The molecule has 11 rings (SSSR count). The summed E-state index contributed by atoms with van der Waals surface area (Å²) in [6.45, 7) is 0. The summed E-state index contributed by atoms with van der Waals surface area (Å²) in [7, 11) is 0. The molecule has 0 saturated heterocycles. The number of para-hydroxylation sites is 2. The fraction of sp³-hybridized carbons (Fsp3) is 0.0164. The molecule has 0 fully saturated rings. The van der Waals surface area contributed by atoms with Crippen molar-refractivity contribution in [3.05, 3.63) is 277 Å². The van der Waals surface area contributed by atoms with Crippen molar-refractivity contribution < 1.29 is 5.11 Å². The van der Waals surface area contributed by atoms with Crippen molar-refractivity contribution >= 4 is 17.1 Å². The van der Waals surface area contributed by atoms with Crippen molar-refractivity contribution in [2.75, 3.05) is 4.90 Å². The zero-order valence-electron chi connectivity index (χ0n) is 34.6. The van der Waals surface area contributed by atoms with Crippen LogP contribution in [0.2, 0.25) is 0 Å². The van der Waals surface area contributed by atoms with E-state index in [0.29, 0.717) is 0 Å². The highest BCUT2D eigenvalue weighted by molar-refractivity contribution is 6.00. The molecule has 0 bridgehead atoms. The summed E-state index contributed by atoms with van der Waals surface area (Å²) in [5.41, 5.74) is 18.6. The first kappa shape index (κ1) is 37.8. The van der Waals surface area contributed by atoms with E-state index in [1.165, 1.54) is 44.5 Å². The normalized spacial score (nSPS) is 12.3. The maximum atomic E-state index is 10.9. The lowest BCUT2D eigenvalue weighted by atomic mass is 9.68.